The maximum absolute atomic E-state index is 5.34. The molecule has 0 saturated carbocycles. The van der Waals surface area contributed by atoms with Gasteiger partial charge in [0.15, 0.2) is 0 Å². The Morgan fingerprint density at radius 2 is 1.47 bits per heavy atom. The summed E-state index contributed by atoms with van der Waals surface area (Å²) in [7, 11) is 3.45. The Balaban J connectivity index is 1.47. The van der Waals surface area contributed by atoms with Crippen LogP contribution in [-0.4, -0.2) is 49.7 Å². The standard InChI is InChI=1S/C26H36N2O2/c1-4-22-18-28-14-13-23(22)15-24(28)19-27(16-20-5-9-25(29-2)10-6-20)17-21-7-11-26(30-3)12-8-21/h5-12,22-24H,4,13-19H2,1-3H3/t22-,23+,24-/m1/s1. The first-order chi connectivity index (χ1) is 14.7. The highest BCUT2D eigenvalue weighted by Crippen LogP contribution is 2.38. The molecule has 0 aliphatic carbocycles. The third-order valence-corrected chi connectivity index (χ3v) is 7.14. The summed E-state index contributed by atoms with van der Waals surface area (Å²) in [5.41, 5.74) is 2.68. The summed E-state index contributed by atoms with van der Waals surface area (Å²) in [5.74, 6) is 3.67. The molecule has 1 unspecified atom stereocenters. The molecule has 5 rings (SSSR count). The number of rotatable bonds is 9. The minimum absolute atomic E-state index is 0.683. The van der Waals surface area contributed by atoms with E-state index in [4.69, 9.17) is 9.47 Å². The maximum atomic E-state index is 5.34. The number of hydrogen-bond acceptors (Lipinski definition) is 4. The van der Waals surface area contributed by atoms with E-state index in [1.807, 2.05) is 0 Å². The van der Waals surface area contributed by atoms with Gasteiger partial charge in [-0.25, -0.2) is 0 Å². The molecular formula is C26H36N2O2. The van der Waals surface area contributed by atoms with Gasteiger partial charge < -0.3 is 9.47 Å². The summed E-state index contributed by atoms with van der Waals surface area (Å²) in [6.07, 6.45) is 4.08. The molecule has 30 heavy (non-hydrogen) atoms. The monoisotopic (exact) mass is 408 g/mol. The fourth-order valence-electron chi connectivity index (χ4n) is 5.36. The molecule has 4 nitrogen and oxygen atoms in total. The first-order valence-corrected chi connectivity index (χ1v) is 11.4. The zero-order valence-corrected chi connectivity index (χ0v) is 18.7. The van der Waals surface area contributed by atoms with E-state index in [1.54, 1.807) is 14.2 Å². The predicted molar refractivity (Wildman–Crippen MR) is 122 cm³/mol. The molecule has 0 N–H and O–H groups in total. The number of methoxy groups -OCH3 is 2. The second-order valence-electron chi connectivity index (χ2n) is 8.97. The topological polar surface area (TPSA) is 24.9 Å². The van der Waals surface area contributed by atoms with Crippen molar-refractivity contribution < 1.29 is 9.47 Å². The maximum Gasteiger partial charge on any atom is 0.118 e. The van der Waals surface area contributed by atoms with Gasteiger partial charge in [0.25, 0.3) is 0 Å². The summed E-state index contributed by atoms with van der Waals surface area (Å²) in [6.45, 7) is 7.99. The largest absolute Gasteiger partial charge is 0.497 e. The summed E-state index contributed by atoms with van der Waals surface area (Å²) >= 11 is 0. The van der Waals surface area contributed by atoms with Crippen LogP contribution in [0, 0.1) is 11.8 Å². The molecule has 3 aliphatic heterocycles. The molecular weight excluding hydrogens is 372 g/mol. The third kappa shape index (κ3) is 4.98. The summed E-state index contributed by atoms with van der Waals surface area (Å²) in [6, 6.07) is 17.7. The average molecular weight is 409 g/mol. The quantitative estimate of drug-likeness (QED) is 0.594. The van der Waals surface area contributed by atoms with Gasteiger partial charge in [0, 0.05) is 32.2 Å². The number of ether oxygens (including phenoxy) is 2. The van der Waals surface area contributed by atoms with Crippen LogP contribution in [-0.2, 0) is 13.1 Å². The molecule has 162 valence electrons. The van der Waals surface area contributed by atoms with E-state index in [2.05, 4.69) is 65.3 Å². The van der Waals surface area contributed by atoms with Crippen LogP contribution in [0.1, 0.15) is 37.3 Å². The van der Waals surface area contributed by atoms with E-state index in [-0.39, 0.29) is 0 Å². The summed E-state index contributed by atoms with van der Waals surface area (Å²) in [4.78, 5) is 5.39. The van der Waals surface area contributed by atoms with Crippen molar-refractivity contribution in [2.45, 2.75) is 45.3 Å². The fourth-order valence-corrected chi connectivity index (χ4v) is 5.36. The average Bonchev–Trinajstić information content (AvgIpc) is 2.80. The van der Waals surface area contributed by atoms with Crippen LogP contribution in [0.4, 0.5) is 0 Å². The highest BCUT2D eigenvalue weighted by molar-refractivity contribution is 5.28. The van der Waals surface area contributed by atoms with Crippen molar-refractivity contribution in [3.63, 3.8) is 0 Å². The van der Waals surface area contributed by atoms with E-state index in [0.29, 0.717) is 6.04 Å². The molecule has 0 aromatic heterocycles. The number of nitrogens with zero attached hydrogens (tertiary/aromatic N) is 2. The lowest BCUT2D eigenvalue weighted by atomic mass is 9.74. The van der Waals surface area contributed by atoms with Gasteiger partial charge in [-0.3, -0.25) is 9.80 Å². The van der Waals surface area contributed by atoms with Crippen molar-refractivity contribution in [1.82, 2.24) is 9.80 Å². The lowest BCUT2D eigenvalue weighted by molar-refractivity contribution is -0.0161. The Morgan fingerprint density at radius 1 is 0.900 bits per heavy atom. The Bertz CT molecular complexity index is 740. The molecule has 2 aromatic carbocycles. The van der Waals surface area contributed by atoms with Gasteiger partial charge in [-0.05, 0) is 66.6 Å². The molecule has 3 fully saturated rings. The van der Waals surface area contributed by atoms with Gasteiger partial charge in [0.1, 0.15) is 11.5 Å². The molecule has 0 amide bonds. The van der Waals surface area contributed by atoms with Crippen LogP contribution in [0.3, 0.4) is 0 Å². The van der Waals surface area contributed by atoms with Crippen molar-refractivity contribution in [3.05, 3.63) is 59.7 Å². The molecule has 0 radical (unpaired) electrons. The molecule has 2 aromatic rings. The van der Waals surface area contributed by atoms with E-state index < -0.39 is 0 Å². The van der Waals surface area contributed by atoms with Gasteiger partial charge in [0.05, 0.1) is 14.2 Å². The van der Waals surface area contributed by atoms with Crippen LogP contribution in [0.15, 0.2) is 48.5 Å². The molecule has 2 bridgehead atoms. The van der Waals surface area contributed by atoms with Crippen molar-refractivity contribution >= 4 is 0 Å². The SMILES string of the molecule is CC[C@@H]1CN2CC[C@H]1C[C@@H]2CN(Cc1ccc(OC)cc1)Cc1ccc(OC)cc1. The van der Waals surface area contributed by atoms with E-state index in [1.165, 1.54) is 43.5 Å². The van der Waals surface area contributed by atoms with E-state index >= 15 is 0 Å². The Morgan fingerprint density at radius 3 is 1.90 bits per heavy atom. The lowest BCUT2D eigenvalue weighted by Gasteiger charge is -2.51. The number of benzene rings is 2. The molecule has 3 aliphatic rings. The van der Waals surface area contributed by atoms with E-state index in [9.17, 15) is 0 Å². The predicted octanol–water partition coefficient (Wildman–Crippen LogP) is 4.83. The lowest BCUT2D eigenvalue weighted by Crippen LogP contribution is -2.56. The van der Waals surface area contributed by atoms with Gasteiger partial charge >= 0.3 is 0 Å². The van der Waals surface area contributed by atoms with Crippen molar-refractivity contribution in [2.24, 2.45) is 11.8 Å². The minimum Gasteiger partial charge on any atom is -0.497 e. The van der Waals surface area contributed by atoms with Crippen LogP contribution in [0.25, 0.3) is 0 Å². The number of hydrogen-bond donors (Lipinski definition) is 0. The van der Waals surface area contributed by atoms with Gasteiger partial charge in [-0.2, -0.15) is 0 Å². The Hall–Kier alpha value is -2.04. The summed E-state index contributed by atoms with van der Waals surface area (Å²) < 4.78 is 10.7. The molecule has 3 heterocycles. The minimum atomic E-state index is 0.683. The molecule has 4 atom stereocenters. The van der Waals surface area contributed by atoms with Crippen molar-refractivity contribution in [2.75, 3.05) is 33.9 Å². The Kier molecular flexibility index (Phi) is 6.96. The number of fused-ring (bicyclic) bond motifs is 3. The molecule has 0 spiro atoms. The van der Waals surface area contributed by atoms with Gasteiger partial charge in [-0.1, -0.05) is 37.6 Å². The third-order valence-electron chi connectivity index (χ3n) is 7.14. The van der Waals surface area contributed by atoms with E-state index in [0.717, 1.165) is 43.0 Å². The normalized spacial score (nSPS) is 25.5. The van der Waals surface area contributed by atoms with Crippen LogP contribution in [0.2, 0.25) is 0 Å². The highest BCUT2D eigenvalue weighted by atomic mass is 16.5. The van der Waals surface area contributed by atoms with Crippen molar-refractivity contribution in [1.29, 1.82) is 0 Å². The van der Waals surface area contributed by atoms with Crippen LogP contribution in [0.5, 0.6) is 11.5 Å². The van der Waals surface area contributed by atoms with Crippen LogP contribution < -0.4 is 9.47 Å². The van der Waals surface area contributed by atoms with Gasteiger partial charge in [-0.15, -0.1) is 0 Å². The summed E-state index contributed by atoms with van der Waals surface area (Å²) in [5, 5.41) is 0. The zero-order chi connectivity index (χ0) is 20.9. The van der Waals surface area contributed by atoms with Gasteiger partial charge in [0.2, 0.25) is 0 Å². The number of piperidine rings is 3. The highest BCUT2D eigenvalue weighted by Gasteiger charge is 2.39. The first kappa shape index (κ1) is 21.2. The first-order valence-electron chi connectivity index (χ1n) is 11.4. The zero-order valence-electron chi connectivity index (χ0n) is 18.7. The second-order valence-corrected chi connectivity index (χ2v) is 8.97. The van der Waals surface area contributed by atoms with Crippen LogP contribution >= 0.6 is 0 Å². The second kappa shape index (κ2) is 9.84. The molecule has 4 heteroatoms. The Labute approximate surface area is 181 Å². The molecule has 3 saturated heterocycles. The fraction of sp³-hybridized carbons (Fsp3) is 0.538. The van der Waals surface area contributed by atoms with Crippen molar-refractivity contribution in [3.8, 4) is 11.5 Å². The smallest absolute Gasteiger partial charge is 0.118 e.